The number of phenolic OH excluding ortho intramolecular Hbond substituents is 1. The Labute approximate surface area is 129 Å². The summed E-state index contributed by atoms with van der Waals surface area (Å²) in [5.41, 5.74) is 3.91. The zero-order chi connectivity index (χ0) is 13.4. The molecule has 98 valence electrons. The Hall–Kier alpha value is -1.00. The molecule has 0 saturated heterocycles. The number of nitrogens with zero attached hydrogens (tertiary/aromatic N) is 1. The van der Waals surface area contributed by atoms with Crippen LogP contribution in [0.3, 0.4) is 0 Å². The van der Waals surface area contributed by atoms with Crippen LogP contribution in [0.25, 0.3) is 0 Å². The van der Waals surface area contributed by atoms with Gasteiger partial charge < -0.3 is 10.0 Å². The fourth-order valence-corrected chi connectivity index (χ4v) is 3.78. The number of phenols is 1. The molecule has 0 aromatic heterocycles. The van der Waals surface area contributed by atoms with Crippen molar-refractivity contribution >= 4 is 37.5 Å². The monoisotopic (exact) mass is 381 g/mol. The van der Waals surface area contributed by atoms with E-state index in [0.29, 0.717) is 0 Å². The summed E-state index contributed by atoms with van der Waals surface area (Å²) in [7, 11) is 0. The van der Waals surface area contributed by atoms with E-state index in [-0.39, 0.29) is 5.75 Å². The van der Waals surface area contributed by atoms with Gasteiger partial charge in [0, 0.05) is 18.8 Å². The summed E-state index contributed by atoms with van der Waals surface area (Å²) < 4.78 is 1.45. The molecule has 3 rings (SSSR count). The molecule has 0 amide bonds. The van der Waals surface area contributed by atoms with Crippen LogP contribution in [-0.4, -0.2) is 11.7 Å². The van der Waals surface area contributed by atoms with Crippen LogP contribution in [0.4, 0.5) is 5.69 Å². The molecule has 2 nitrogen and oxygen atoms in total. The minimum atomic E-state index is 0.255. The molecule has 0 radical (unpaired) electrons. The van der Waals surface area contributed by atoms with E-state index in [9.17, 15) is 5.11 Å². The van der Waals surface area contributed by atoms with E-state index in [2.05, 4.69) is 61.0 Å². The lowest BCUT2D eigenvalue weighted by atomic mass is 10.1. The van der Waals surface area contributed by atoms with Gasteiger partial charge in [0.2, 0.25) is 0 Å². The SMILES string of the molecule is Oc1c(Br)cc(CN2CCc3ccccc32)cc1Br. The zero-order valence-corrected chi connectivity index (χ0v) is 13.4. The number of rotatable bonds is 2. The van der Waals surface area contributed by atoms with Crippen LogP contribution >= 0.6 is 31.9 Å². The van der Waals surface area contributed by atoms with E-state index in [4.69, 9.17) is 0 Å². The molecule has 1 N–H and O–H groups in total. The number of anilines is 1. The summed E-state index contributed by atoms with van der Waals surface area (Å²) >= 11 is 6.76. The van der Waals surface area contributed by atoms with Crippen molar-refractivity contribution in [3.63, 3.8) is 0 Å². The molecule has 2 aromatic carbocycles. The van der Waals surface area contributed by atoms with Gasteiger partial charge in [-0.2, -0.15) is 0 Å². The standard InChI is InChI=1S/C15H13Br2NO/c16-12-7-10(8-13(17)15(12)19)9-18-6-5-11-3-1-2-4-14(11)18/h1-4,7-8,19H,5-6,9H2. The normalized spacial score (nSPS) is 13.7. The Morgan fingerprint density at radius 2 is 1.79 bits per heavy atom. The molecular weight excluding hydrogens is 370 g/mol. The van der Waals surface area contributed by atoms with Gasteiger partial charge >= 0.3 is 0 Å². The summed E-state index contributed by atoms with van der Waals surface area (Å²) in [6.45, 7) is 1.91. The van der Waals surface area contributed by atoms with Crippen LogP contribution in [0.5, 0.6) is 5.75 Å². The first-order valence-electron chi connectivity index (χ1n) is 6.15. The van der Waals surface area contributed by atoms with Crippen LogP contribution < -0.4 is 4.90 Å². The average Bonchev–Trinajstić information content (AvgIpc) is 2.79. The first-order chi connectivity index (χ1) is 9.15. The van der Waals surface area contributed by atoms with Gasteiger partial charge in [-0.3, -0.25) is 0 Å². The van der Waals surface area contributed by atoms with Crippen molar-refractivity contribution in [1.29, 1.82) is 0 Å². The molecule has 19 heavy (non-hydrogen) atoms. The highest BCUT2D eigenvalue weighted by molar-refractivity contribution is 9.11. The molecule has 2 aromatic rings. The van der Waals surface area contributed by atoms with Gasteiger partial charge in [0.15, 0.2) is 0 Å². The van der Waals surface area contributed by atoms with Gasteiger partial charge in [0.25, 0.3) is 0 Å². The second kappa shape index (κ2) is 5.17. The first-order valence-corrected chi connectivity index (χ1v) is 7.73. The number of fused-ring (bicyclic) bond motifs is 1. The molecule has 0 atom stereocenters. The second-order valence-corrected chi connectivity index (χ2v) is 6.42. The molecule has 1 aliphatic rings. The lowest BCUT2D eigenvalue weighted by molar-refractivity contribution is 0.468. The van der Waals surface area contributed by atoms with Crippen LogP contribution in [0, 0.1) is 0 Å². The van der Waals surface area contributed by atoms with E-state index in [1.165, 1.54) is 16.8 Å². The number of hydrogen-bond acceptors (Lipinski definition) is 2. The maximum absolute atomic E-state index is 9.74. The summed E-state index contributed by atoms with van der Waals surface area (Å²) in [6, 6.07) is 12.5. The van der Waals surface area contributed by atoms with Gasteiger partial charge in [0.1, 0.15) is 5.75 Å². The molecule has 1 aliphatic heterocycles. The molecule has 4 heteroatoms. The van der Waals surface area contributed by atoms with Crippen molar-refractivity contribution < 1.29 is 5.11 Å². The third-order valence-electron chi connectivity index (χ3n) is 3.43. The Bertz CT molecular complexity index is 604. The summed E-state index contributed by atoms with van der Waals surface area (Å²) in [6.07, 6.45) is 1.11. The summed E-state index contributed by atoms with van der Waals surface area (Å²) in [4.78, 5) is 2.38. The molecule has 0 unspecified atom stereocenters. The topological polar surface area (TPSA) is 23.5 Å². The van der Waals surface area contributed by atoms with E-state index in [1.54, 1.807) is 0 Å². The van der Waals surface area contributed by atoms with Crippen molar-refractivity contribution in [2.24, 2.45) is 0 Å². The molecule has 0 aliphatic carbocycles. The molecule has 0 saturated carbocycles. The van der Waals surface area contributed by atoms with Crippen LogP contribution in [0.15, 0.2) is 45.3 Å². The van der Waals surface area contributed by atoms with Gasteiger partial charge in [-0.05, 0) is 67.6 Å². The quantitative estimate of drug-likeness (QED) is 0.827. The third kappa shape index (κ3) is 2.51. The second-order valence-electron chi connectivity index (χ2n) is 4.71. The van der Waals surface area contributed by atoms with Crippen molar-refractivity contribution in [3.05, 3.63) is 56.5 Å². The van der Waals surface area contributed by atoms with Gasteiger partial charge in [0.05, 0.1) is 8.95 Å². The van der Waals surface area contributed by atoms with E-state index < -0.39 is 0 Å². The Morgan fingerprint density at radius 1 is 1.11 bits per heavy atom. The maximum atomic E-state index is 9.74. The lowest BCUT2D eigenvalue weighted by Crippen LogP contribution is -2.19. The molecule has 1 heterocycles. The fraction of sp³-hybridized carbons (Fsp3) is 0.200. The van der Waals surface area contributed by atoms with Gasteiger partial charge in [-0.15, -0.1) is 0 Å². The minimum Gasteiger partial charge on any atom is -0.506 e. The predicted octanol–water partition coefficient (Wildman–Crippen LogP) is 4.48. The summed E-state index contributed by atoms with van der Waals surface area (Å²) in [5, 5.41) is 9.74. The number of halogens is 2. The highest BCUT2D eigenvalue weighted by Gasteiger charge is 2.18. The Kier molecular flexibility index (Phi) is 3.54. The van der Waals surface area contributed by atoms with Gasteiger partial charge in [-0.1, -0.05) is 18.2 Å². The van der Waals surface area contributed by atoms with E-state index >= 15 is 0 Å². The maximum Gasteiger partial charge on any atom is 0.143 e. The van der Waals surface area contributed by atoms with Crippen molar-refractivity contribution in [1.82, 2.24) is 0 Å². The van der Waals surface area contributed by atoms with E-state index in [0.717, 1.165) is 28.5 Å². The van der Waals surface area contributed by atoms with Crippen molar-refractivity contribution in [2.45, 2.75) is 13.0 Å². The van der Waals surface area contributed by atoms with Crippen LogP contribution in [0.2, 0.25) is 0 Å². The highest BCUT2D eigenvalue weighted by Crippen LogP contribution is 2.35. The average molecular weight is 383 g/mol. The number of aromatic hydroxyl groups is 1. The molecular formula is C15H13Br2NO. The predicted molar refractivity (Wildman–Crippen MR) is 84.7 cm³/mol. The minimum absolute atomic E-state index is 0.255. The number of benzene rings is 2. The van der Waals surface area contributed by atoms with Crippen molar-refractivity contribution in [3.8, 4) is 5.75 Å². The molecule has 0 spiro atoms. The number of para-hydroxylation sites is 1. The Morgan fingerprint density at radius 3 is 2.53 bits per heavy atom. The Balaban J connectivity index is 1.87. The summed E-state index contributed by atoms with van der Waals surface area (Å²) in [5.74, 6) is 0.255. The number of hydrogen-bond donors (Lipinski definition) is 1. The largest absolute Gasteiger partial charge is 0.506 e. The highest BCUT2D eigenvalue weighted by atomic mass is 79.9. The van der Waals surface area contributed by atoms with Crippen molar-refractivity contribution in [2.75, 3.05) is 11.4 Å². The molecule has 0 bridgehead atoms. The zero-order valence-electron chi connectivity index (χ0n) is 10.2. The van der Waals surface area contributed by atoms with Gasteiger partial charge in [-0.25, -0.2) is 0 Å². The fourth-order valence-electron chi connectivity index (χ4n) is 2.50. The van der Waals surface area contributed by atoms with E-state index in [1.807, 2.05) is 12.1 Å². The lowest BCUT2D eigenvalue weighted by Gasteiger charge is -2.20. The van der Waals surface area contributed by atoms with Crippen LogP contribution in [-0.2, 0) is 13.0 Å². The van der Waals surface area contributed by atoms with Crippen LogP contribution in [0.1, 0.15) is 11.1 Å². The molecule has 0 fully saturated rings. The third-order valence-corrected chi connectivity index (χ3v) is 4.64. The smallest absolute Gasteiger partial charge is 0.143 e. The first kappa shape index (κ1) is 13.0.